The molecule has 5 nitrogen and oxygen atoms in total. The minimum Gasteiger partial charge on any atom is -0.482 e. The van der Waals surface area contributed by atoms with Gasteiger partial charge in [0.1, 0.15) is 5.75 Å². The molecule has 0 aliphatic carbocycles. The Morgan fingerprint density at radius 1 is 1.24 bits per heavy atom. The second-order valence-electron chi connectivity index (χ2n) is 7.37. The van der Waals surface area contributed by atoms with E-state index in [0.29, 0.717) is 22.4 Å². The summed E-state index contributed by atoms with van der Waals surface area (Å²) in [4.78, 5) is 17.5. The van der Waals surface area contributed by atoms with Crippen molar-refractivity contribution in [3.8, 4) is 17.0 Å². The van der Waals surface area contributed by atoms with Gasteiger partial charge in [0, 0.05) is 22.5 Å². The Morgan fingerprint density at radius 2 is 2.03 bits per heavy atom. The van der Waals surface area contributed by atoms with Gasteiger partial charge < -0.3 is 14.6 Å². The first-order valence-electron chi connectivity index (χ1n) is 9.55. The zero-order valence-electron chi connectivity index (χ0n) is 16.3. The number of hydrogen-bond donors (Lipinski definition) is 1. The third-order valence-electron chi connectivity index (χ3n) is 4.69. The maximum atomic E-state index is 11.7. The van der Waals surface area contributed by atoms with Gasteiger partial charge in [-0.15, -0.1) is 11.3 Å². The number of nitrogens with zero attached hydrogens (tertiary/aromatic N) is 2. The Labute approximate surface area is 178 Å². The van der Waals surface area contributed by atoms with Crippen LogP contribution in [0, 0.1) is 5.92 Å². The molecule has 0 bridgehead atoms. The Hall–Kier alpha value is -2.57. The molecule has 1 aromatic heterocycles. The summed E-state index contributed by atoms with van der Waals surface area (Å²) >= 11 is 7.60. The number of carbonyl (C=O) groups excluding carboxylic acids is 1. The van der Waals surface area contributed by atoms with E-state index in [1.165, 1.54) is 0 Å². The molecule has 1 amide bonds. The molecule has 1 aliphatic heterocycles. The van der Waals surface area contributed by atoms with Gasteiger partial charge in [0.15, 0.2) is 11.4 Å². The Kier molecular flexibility index (Phi) is 5.74. The van der Waals surface area contributed by atoms with Crippen molar-refractivity contribution in [3.63, 3.8) is 0 Å². The van der Waals surface area contributed by atoms with Crippen molar-refractivity contribution in [2.24, 2.45) is 10.9 Å². The van der Waals surface area contributed by atoms with E-state index in [0.717, 1.165) is 34.7 Å². The van der Waals surface area contributed by atoms with E-state index in [1.807, 2.05) is 42.5 Å². The summed E-state index contributed by atoms with van der Waals surface area (Å²) in [7, 11) is 0. The highest BCUT2D eigenvalue weighted by molar-refractivity contribution is 7.07. The van der Waals surface area contributed by atoms with E-state index in [2.05, 4.69) is 29.1 Å². The molecule has 0 radical (unpaired) electrons. The lowest BCUT2D eigenvalue weighted by Crippen LogP contribution is -2.25. The molecule has 0 spiro atoms. The van der Waals surface area contributed by atoms with Gasteiger partial charge in [-0.05, 0) is 54.8 Å². The zero-order chi connectivity index (χ0) is 20.4. The van der Waals surface area contributed by atoms with Crippen molar-refractivity contribution in [1.82, 2.24) is 4.57 Å². The zero-order valence-corrected chi connectivity index (χ0v) is 17.9. The standard InChI is InChI=1S/C22H22ClN3O2S/c1-14(2)9-10-26-19(13-29-22(26)24-17-6-4-16(23)5-7-17)15-3-8-20-18(11-15)25-21(27)12-28-20/h3-8,11,13-14H,9-10,12H2,1-2H3,(H,25,27). The molecule has 0 atom stereocenters. The van der Waals surface area contributed by atoms with Crippen LogP contribution in [-0.2, 0) is 11.3 Å². The molecule has 2 aromatic carbocycles. The number of rotatable bonds is 5. The molecule has 29 heavy (non-hydrogen) atoms. The number of anilines is 1. The largest absolute Gasteiger partial charge is 0.482 e. The van der Waals surface area contributed by atoms with E-state index in [-0.39, 0.29) is 12.5 Å². The van der Waals surface area contributed by atoms with Gasteiger partial charge in [0.25, 0.3) is 5.91 Å². The SMILES string of the molecule is CC(C)CCn1c(-c2ccc3c(c2)NC(=O)CO3)csc1=Nc1ccc(Cl)cc1. The molecule has 0 saturated heterocycles. The summed E-state index contributed by atoms with van der Waals surface area (Å²) in [6.45, 7) is 5.36. The maximum absolute atomic E-state index is 11.7. The van der Waals surface area contributed by atoms with Crippen LogP contribution in [0.2, 0.25) is 5.02 Å². The average molecular weight is 428 g/mol. The third kappa shape index (κ3) is 4.54. The highest BCUT2D eigenvalue weighted by Crippen LogP contribution is 2.33. The van der Waals surface area contributed by atoms with Crippen molar-refractivity contribution in [2.45, 2.75) is 26.8 Å². The lowest BCUT2D eigenvalue weighted by molar-refractivity contribution is -0.118. The van der Waals surface area contributed by atoms with Gasteiger partial charge in [0.05, 0.1) is 17.1 Å². The van der Waals surface area contributed by atoms with E-state index in [1.54, 1.807) is 11.3 Å². The monoisotopic (exact) mass is 427 g/mol. The van der Waals surface area contributed by atoms with Crippen molar-refractivity contribution in [3.05, 3.63) is 57.7 Å². The molecule has 4 rings (SSSR count). The molecule has 7 heteroatoms. The maximum Gasteiger partial charge on any atom is 0.262 e. The van der Waals surface area contributed by atoms with E-state index < -0.39 is 0 Å². The number of aromatic nitrogens is 1. The van der Waals surface area contributed by atoms with Crippen molar-refractivity contribution in [2.75, 3.05) is 11.9 Å². The second-order valence-corrected chi connectivity index (χ2v) is 8.65. The number of nitrogens with one attached hydrogen (secondary N) is 1. The molecule has 0 fully saturated rings. The van der Waals surface area contributed by atoms with Gasteiger partial charge >= 0.3 is 0 Å². The predicted octanol–water partition coefficient (Wildman–Crippen LogP) is 5.48. The Bertz CT molecular complexity index is 1100. The number of thiazole rings is 1. The molecule has 0 saturated carbocycles. The molecular formula is C22H22ClN3O2S. The van der Waals surface area contributed by atoms with Crippen molar-refractivity contribution in [1.29, 1.82) is 0 Å². The Morgan fingerprint density at radius 3 is 2.79 bits per heavy atom. The summed E-state index contributed by atoms with van der Waals surface area (Å²) in [6.07, 6.45) is 1.04. The van der Waals surface area contributed by atoms with Crippen LogP contribution in [-0.4, -0.2) is 17.1 Å². The second kappa shape index (κ2) is 8.43. The summed E-state index contributed by atoms with van der Waals surface area (Å²) in [5.41, 5.74) is 3.67. The number of benzene rings is 2. The van der Waals surface area contributed by atoms with Crippen LogP contribution in [0.4, 0.5) is 11.4 Å². The molecule has 3 aromatic rings. The number of hydrogen-bond acceptors (Lipinski definition) is 4. The first-order chi connectivity index (χ1) is 14.0. The molecular weight excluding hydrogens is 406 g/mol. The lowest BCUT2D eigenvalue weighted by Gasteiger charge is -2.19. The van der Waals surface area contributed by atoms with Gasteiger partial charge in [0.2, 0.25) is 0 Å². The highest BCUT2D eigenvalue weighted by atomic mass is 35.5. The fourth-order valence-electron chi connectivity index (χ4n) is 3.12. The highest BCUT2D eigenvalue weighted by Gasteiger charge is 2.18. The lowest BCUT2D eigenvalue weighted by atomic mass is 10.1. The fourth-order valence-corrected chi connectivity index (χ4v) is 4.20. The first-order valence-corrected chi connectivity index (χ1v) is 10.8. The quantitative estimate of drug-likeness (QED) is 0.586. The number of ether oxygens (including phenoxy) is 1. The number of amides is 1. The topological polar surface area (TPSA) is 55.6 Å². The van der Waals surface area contributed by atoms with Gasteiger partial charge in [-0.1, -0.05) is 25.4 Å². The number of carbonyl (C=O) groups is 1. The van der Waals surface area contributed by atoms with E-state index >= 15 is 0 Å². The molecule has 1 aliphatic rings. The predicted molar refractivity (Wildman–Crippen MR) is 118 cm³/mol. The summed E-state index contributed by atoms with van der Waals surface area (Å²) in [5.74, 6) is 1.14. The minimum atomic E-state index is -0.133. The van der Waals surface area contributed by atoms with Crippen LogP contribution < -0.4 is 14.9 Å². The van der Waals surface area contributed by atoms with Crippen LogP contribution >= 0.6 is 22.9 Å². The van der Waals surface area contributed by atoms with Gasteiger partial charge in [-0.2, -0.15) is 0 Å². The van der Waals surface area contributed by atoms with Gasteiger partial charge in [-0.25, -0.2) is 4.99 Å². The number of halogens is 1. The van der Waals surface area contributed by atoms with Crippen LogP contribution in [0.25, 0.3) is 11.3 Å². The minimum absolute atomic E-state index is 0.0588. The molecule has 2 heterocycles. The number of fused-ring (bicyclic) bond motifs is 1. The normalized spacial score (nSPS) is 13.9. The summed E-state index contributed by atoms with van der Waals surface area (Å²) in [5, 5.41) is 5.70. The van der Waals surface area contributed by atoms with Crippen molar-refractivity contribution >= 4 is 40.2 Å². The van der Waals surface area contributed by atoms with Crippen molar-refractivity contribution < 1.29 is 9.53 Å². The average Bonchev–Trinajstić information content (AvgIpc) is 3.10. The Balaban J connectivity index is 1.77. The van der Waals surface area contributed by atoms with Gasteiger partial charge in [-0.3, -0.25) is 4.79 Å². The van der Waals surface area contributed by atoms with Crippen LogP contribution in [0.5, 0.6) is 5.75 Å². The van der Waals surface area contributed by atoms with Crippen LogP contribution in [0.3, 0.4) is 0 Å². The van der Waals surface area contributed by atoms with Crippen LogP contribution in [0.1, 0.15) is 20.3 Å². The van der Waals surface area contributed by atoms with E-state index in [9.17, 15) is 4.79 Å². The smallest absolute Gasteiger partial charge is 0.262 e. The van der Waals surface area contributed by atoms with Crippen LogP contribution in [0.15, 0.2) is 52.8 Å². The fraction of sp³-hybridized carbons (Fsp3) is 0.273. The molecule has 0 unspecified atom stereocenters. The first kappa shape index (κ1) is 19.7. The molecule has 150 valence electrons. The molecule has 1 N–H and O–H groups in total. The third-order valence-corrected chi connectivity index (χ3v) is 5.80. The summed E-state index contributed by atoms with van der Waals surface area (Å²) in [6, 6.07) is 13.4. The van der Waals surface area contributed by atoms with E-state index in [4.69, 9.17) is 21.3 Å². The summed E-state index contributed by atoms with van der Waals surface area (Å²) < 4.78 is 7.73.